The molecule has 47 heavy (non-hydrogen) atoms. The molecule has 0 aromatic heterocycles. The molecule has 13 nitrogen and oxygen atoms in total. The van der Waals surface area contributed by atoms with E-state index in [1.54, 1.807) is 30.4 Å². The lowest BCUT2D eigenvalue weighted by Crippen LogP contribution is -2.63. The van der Waals surface area contributed by atoms with Crippen LogP contribution in [0.3, 0.4) is 0 Å². The molecule has 2 amide bonds. The lowest BCUT2D eigenvalue weighted by molar-refractivity contribution is -0.301. The highest BCUT2D eigenvalue weighted by Crippen LogP contribution is 2.32. The monoisotopic (exact) mass is 660 g/mol. The number of hydrogen-bond acceptors (Lipinski definition) is 11. The largest absolute Gasteiger partial charge is 0.454 e. The van der Waals surface area contributed by atoms with E-state index in [1.165, 1.54) is 19.2 Å². The van der Waals surface area contributed by atoms with Crippen molar-refractivity contribution in [2.24, 2.45) is 11.8 Å². The summed E-state index contributed by atoms with van der Waals surface area (Å²) < 4.78 is 28.9. The predicted octanol–water partition coefficient (Wildman–Crippen LogP) is 2.59. The lowest BCUT2D eigenvalue weighted by atomic mass is 9.94. The molecular formula is C34H48N2O11. The van der Waals surface area contributed by atoms with Crippen molar-refractivity contribution in [2.75, 3.05) is 26.8 Å². The van der Waals surface area contributed by atoms with Gasteiger partial charge in [0.15, 0.2) is 24.6 Å². The molecule has 1 fully saturated rings. The van der Waals surface area contributed by atoms with Gasteiger partial charge in [0.2, 0.25) is 11.8 Å². The third-order valence-corrected chi connectivity index (χ3v) is 8.00. The Bertz CT molecular complexity index is 1210. The summed E-state index contributed by atoms with van der Waals surface area (Å²) in [6.45, 7) is 4.25. The number of rotatable bonds is 14. The number of aliphatic hydroxyl groups excluding tert-OH is 1. The average molecular weight is 661 g/mol. The number of ether oxygens (including phenoxy) is 5. The number of esters is 3. The fourth-order valence-corrected chi connectivity index (χ4v) is 5.29. The lowest BCUT2D eigenvalue weighted by Gasteiger charge is -2.44. The van der Waals surface area contributed by atoms with Crippen molar-refractivity contribution in [2.45, 2.75) is 95.9 Å². The molecule has 1 aromatic rings. The van der Waals surface area contributed by atoms with Crippen LogP contribution in [0.2, 0.25) is 0 Å². The van der Waals surface area contributed by atoms with E-state index in [9.17, 15) is 29.1 Å². The Kier molecular flexibility index (Phi) is 15.8. The van der Waals surface area contributed by atoms with Gasteiger partial charge in [-0.05, 0) is 37.8 Å². The minimum absolute atomic E-state index is 0.101. The molecule has 0 bridgehead atoms. The van der Waals surface area contributed by atoms with Gasteiger partial charge in [-0.3, -0.25) is 19.2 Å². The van der Waals surface area contributed by atoms with Crippen molar-refractivity contribution in [3.63, 3.8) is 0 Å². The first kappa shape index (κ1) is 37.6. The number of methoxy groups -OCH3 is 1. The van der Waals surface area contributed by atoms with Gasteiger partial charge in [-0.25, -0.2) is 4.79 Å². The highest BCUT2D eigenvalue weighted by atomic mass is 16.7. The van der Waals surface area contributed by atoms with Crippen LogP contribution in [0.25, 0.3) is 0 Å². The van der Waals surface area contributed by atoms with Crippen LogP contribution < -0.4 is 10.6 Å². The number of hydrogen-bond donors (Lipinski definition) is 3. The molecule has 3 N–H and O–H groups in total. The highest BCUT2D eigenvalue weighted by molar-refractivity contribution is 5.89. The zero-order valence-corrected chi connectivity index (χ0v) is 27.4. The molecule has 1 aromatic carbocycles. The average Bonchev–Trinajstić information content (AvgIpc) is 3.06. The second kappa shape index (κ2) is 19.8. The van der Waals surface area contributed by atoms with E-state index in [-0.39, 0.29) is 43.1 Å². The second-order valence-electron chi connectivity index (χ2n) is 11.7. The summed E-state index contributed by atoms with van der Waals surface area (Å²) in [6.07, 6.45) is -0.422. The van der Waals surface area contributed by atoms with Gasteiger partial charge in [0, 0.05) is 33.0 Å². The van der Waals surface area contributed by atoms with Crippen molar-refractivity contribution in [3.05, 3.63) is 48.0 Å². The van der Waals surface area contributed by atoms with Crippen molar-refractivity contribution in [3.8, 4) is 0 Å². The number of carbonyl (C=O) groups excluding carboxylic acids is 5. The first-order chi connectivity index (χ1) is 22.7. The highest BCUT2D eigenvalue weighted by Gasteiger charge is 2.53. The van der Waals surface area contributed by atoms with Gasteiger partial charge in [0.05, 0.1) is 24.0 Å². The summed E-state index contributed by atoms with van der Waals surface area (Å²) in [5.74, 6) is -4.90. The third kappa shape index (κ3) is 11.4. The quantitative estimate of drug-likeness (QED) is 0.116. The van der Waals surface area contributed by atoms with Crippen molar-refractivity contribution >= 4 is 29.7 Å². The Hall–Kier alpha value is -3.81. The maximum atomic E-state index is 13.7. The first-order valence-corrected chi connectivity index (χ1v) is 16.4. The number of allylic oxidation sites excluding steroid dienone is 2. The molecule has 2 heterocycles. The zero-order chi connectivity index (χ0) is 34.2. The maximum Gasteiger partial charge on any atom is 0.338 e. The van der Waals surface area contributed by atoms with E-state index < -0.39 is 67.1 Å². The van der Waals surface area contributed by atoms with Crippen LogP contribution in [0, 0.1) is 11.8 Å². The summed E-state index contributed by atoms with van der Waals surface area (Å²) in [6, 6.07) is 8.05. The summed E-state index contributed by atoms with van der Waals surface area (Å²) >= 11 is 0. The molecule has 0 aliphatic carbocycles. The molecule has 2 aliphatic rings. The molecular weight excluding hydrogens is 612 g/mol. The Morgan fingerprint density at radius 2 is 1.38 bits per heavy atom. The van der Waals surface area contributed by atoms with Crippen molar-refractivity contribution in [1.29, 1.82) is 0 Å². The van der Waals surface area contributed by atoms with Gasteiger partial charge < -0.3 is 39.4 Å². The van der Waals surface area contributed by atoms with Crippen LogP contribution in [-0.2, 0) is 42.9 Å². The minimum atomic E-state index is -1.50. The summed E-state index contributed by atoms with van der Waals surface area (Å²) in [7, 11) is 1.28. The van der Waals surface area contributed by atoms with E-state index in [1.807, 2.05) is 13.8 Å². The molecule has 13 heteroatoms. The van der Waals surface area contributed by atoms with Crippen LogP contribution in [-0.4, -0.2) is 92.3 Å². The van der Waals surface area contributed by atoms with E-state index in [2.05, 4.69) is 10.6 Å². The normalized spacial score (nSPS) is 26.4. The van der Waals surface area contributed by atoms with Gasteiger partial charge in [0.25, 0.3) is 0 Å². The number of benzene rings is 1. The van der Waals surface area contributed by atoms with Crippen molar-refractivity contribution in [1.82, 2.24) is 10.6 Å². The smallest absolute Gasteiger partial charge is 0.338 e. The molecule has 3 rings (SSSR count). The number of fused-ring (bicyclic) bond motifs is 1. The van der Waals surface area contributed by atoms with Gasteiger partial charge in [-0.2, -0.15) is 0 Å². The molecule has 7 atom stereocenters. The van der Waals surface area contributed by atoms with Gasteiger partial charge >= 0.3 is 17.9 Å². The third-order valence-electron chi connectivity index (χ3n) is 8.00. The summed E-state index contributed by atoms with van der Waals surface area (Å²) in [4.78, 5) is 66.1. The SMILES string of the molecule is CCCCNC(=O)C[C@@H]1CC=CC[C@@H](CC(=O)NCCCC)C(=O)O[C@@H]2[C@@H](OC)O[C@H](CO)[C@@H](OC(=O)c3ccccc3)[C@@H]2OC1=O. The fourth-order valence-electron chi connectivity index (χ4n) is 5.29. The summed E-state index contributed by atoms with van der Waals surface area (Å²) in [5, 5.41) is 15.9. The Morgan fingerprint density at radius 3 is 1.87 bits per heavy atom. The second-order valence-corrected chi connectivity index (χ2v) is 11.7. The van der Waals surface area contributed by atoms with Gasteiger partial charge in [-0.15, -0.1) is 0 Å². The molecule has 260 valence electrons. The van der Waals surface area contributed by atoms with Crippen LogP contribution >= 0.6 is 0 Å². The predicted molar refractivity (Wildman–Crippen MR) is 169 cm³/mol. The Balaban J connectivity index is 1.99. The molecule has 0 saturated carbocycles. The Morgan fingerprint density at radius 1 is 0.851 bits per heavy atom. The van der Waals surface area contributed by atoms with E-state index in [0.717, 1.165) is 25.7 Å². The van der Waals surface area contributed by atoms with Crippen molar-refractivity contribution < 1.29 is 52.8 Å². The first-order valence-electron chi connectivity index (χ1n) is 16.4. The topological polar surface area (TPSA) is 176 Å². The van der Waals surface area contributed by atoms with E-state index in [0.29, 0.717) is 13.1 Å². The van der Waals surface area contributed by atoms with Crippen LogP contribution in [0.15, 0.2) is 42.5 Å². The number of carbonyl (C=O) groups is 5. The van der Waals surface area contributed by atoms with Crippen LogP contribution in [0.4, 0.5) is 0 Å². The van der Waals surface area contributed by atoms with Gasteiger partial charge in [0.1, 0.15) is 6.10 Å². The molecule has 0 unspecified atom stereocenters. The minimum Gasteiger partial charge on any atom is -0.454 e. The maximum absolute atomic E-state index is 13.7. The fraction of sp³-hybridized carbons (Fsp3) is 0.618. The zero-order valence-electron chi connectivity index (χ0n) is 27.4. The number of unbranched alkanes of at least 4 members (excludes halogenated alkanes) is 2. The number of amides is 2. The van der Waals surface area contributed by atoms with E-state index >= 15 is 0 Å². The summed E-state index contributed by atoms with van der Waals surface area (Å²) in [5.41, 5.74) is 0.187. The molecule has 0 radical (unpaired) electrons. The molecule has 0 spiro atoms. The van der Waals surface area contributed by atoms with E-state index in [4.69, 9.17) is 23.7 Å². The number of aliphatic hydroxyl groups is 1. The van der Waals surface area contributed by atoms with Crippen LogP contribution in [0.5, 0.6) is 0 Å². The Labute approximate surface area is 275 Å². The number of nitrogens with one attached hydrogen (secondary N) is 2. The molecule has 1 saturated heterocycles. The molecule has 2 aliphatic heterocycles. The van der Waals surface area contributed by atoms with Crippen LogP contribution in [0.1, 0.15) is 75.6 Å². The van der Waals surface area contributed by atoms with Gasteiger partial charge in [-0.1, -0.05) is 57.0 Å². The standard InChI is InChI=1S/C34H48N2O11/c1-4-6-17-35-26(38)19-23-15-11-12-16-24(20-27(39)36-18-7-5-2)33(42)47-30-29(46-32(23)41)28(25(21-37)44-34(30)43-3)45-31(40)22-13-9-8-10-14-22/h8-14,23-25,28-30,34,37H,4-7,15-21H2,1-3H3,(H,35,38)(H,36,39)/t23-,24-,25+,28+,29-,30-,34-/m0/s1.